The van der Waals surface area contributed by atoms with Crippen LogP contribution in [0.1, 0.15) is 61.3 Å². The first-order valence-corrected chi connectivity index (χ1v) is 15.0. The third-order valence-electron chi connectivity index (χ3n) is 5.86. The van der Waals surface area contributed by atoms with E-state index in [1.807, 2.05) is 55.5 Å². The van der Waals surface area contributed by atoms with Crippen molar-refractivity contribution in [3.63, 3.8) is 0 Å². The molecule has 2 aromatic carbocycles. The zero-order chi connectivity index (χ0) is 26.8. The van der Waals surface area contributed by atoms with Crippen LogP contribution in [0.15, 0.2) is 53.4 Å². The lowest BCUT2D eigenvalue weighted by Gasteiger charge is -2.29. The lowest BCUT2D eigenvalue weighted by Crippen LogP contribution is -2.32. The van der Waals surface area contributed by atoms with Gasteiger partial charge in [-0.05, 0) is 68.0 Å². The van der Waals surface area contributed by atoms with Crippen molar-refractivity contribution in [1.82, 2.24) is 18.4 Å². The third kappa shape index (κ3) is 8.43. The average molecular weight is 561 g/mol. The summed E-state index contributed by atoms with van der Waals surface area (Å²) < 4.78 is 11.7. The van der Waals surface area contributed by atoms with Crippen LogP contribution in [0.3, 0.4) is 0 Å². The van der Waals surface area contributed by atoms with Gasteiger partial charge in [0.15, 0.2) is 0 Å². The Hall–Kier alpha value is -2.13. The largest absolute Gasteiger partial charge is 0.457 e. The summed E-state index contributed by atoms with van der Waals surface area (Å²) in [7, 11) is 1.76. The van der Waals surface area contributed by atoms with Gasteiger partial charge in [0.2, 0.25) is 0 Å². The van der Waals surface area contributed by atoms with Gasteiger partial charge in [-0.3, -0.25) is 13.8 Å². The van der Waals surface area contributed by atoms with E-state index in [1.165, 1.54) is 17.0 Å². The maximum atomic E-state index is 13.8. The quantitative estimate of drug-likeness (QED) is 0.147. The minimum atomic E-state index is -0.148. The van der Waals surface area contributed by atoms with Gasteiger partial charge in [-0.25, -0.2) is 4.31 Å². The first-order valence-electron chi connectivity index (χ1n) is 12.7. The number of rotatable bonds is 14. The van der Waals surface area contributed by atoms with Crippen LogP contribution in [-0.2, 0) is 13.6 Å². The van der Waals surface area contributed by atoms with Gasteiger partial charge in [0.05, 0.1) is 17.3 Å². The molecule has 0 unspecified atom stereocenters. The molecular formula is C28H37ClN4O2S2. The van der Waals surface area contributed by atoms with Gasteiger partial charge in [0.1, 0.15) is 17.2 Å². The van der Waals surface area contributed by atoms with Gasteiger partial charge in [0.25, 0.3) is 5.91 Å². The Bertz CT molecular complexity index is 1130. The molecule has 3 aromatic rings. The van der Waals surface area contributed by atoms with Crippen LogP contribution in [0.4, 0.5) is 0 Å². The number of nitrogens with zero attached hydrogens (tertiary/aromatic N) is 4. The Kier molecular flexibility index (Phi) is 11.7. The molecule has 0 saturated heterocycles. The number of unbranched alkanes of at least 4 members (excludes halogenated alkanes) is 2. The molecule has 0 aliphatic rings. The molecule has 1 aromatic heterocycles. The number of benzene rings is 2. The zero-order valence-corrected chi connectivity index (χ0v) is 24.8. The lowest BCUT2D eigenvalue weighted by atomic mass is 10.2. The maximum absolute atomic E-state index is 13.8. The monoisotopic (exact) mass is 560 g/mol. The van der Waals surface area contributed by atoms with Crippen LogP contribution in [0.25, 0.3) is 0 Å². The highest BCUT2D eigenvalue weighted by atomic mass is 35.5. The fourth-order valence-electron chi connectivity index (χ4n) is 3.73. The van der Waals surface area contributed by atoms with Crippen LogP contribution in [-0.4, -0.2) is 43.6 Å². The van der Waals surface area contributed by atoms with Crippen LogP contribution < -0.4 is 4.74 Å². The molecule has 9 heteroatoms. The first kappa shape index (κ1) is 29.4. The number of ether oxygens (including phenoxy) is 1. The number of thioether (sulfide) groups is 1. The normalized spacial score (nSPS) is 11.2. The van der Waals surface area contributed by atoms with Crippen molar-refractivity contribution in [2.75, 3.05) is 19.3 Å². The number of hydrogen-bond acceptors (Lipinski definition) is 6. The van der Waals surface area contributed by atoms with E-state index in [1.54, 1.807) is 27.8 Å². The Morgan fingerprint density at radius 3 is 2.05 bits per heavy atom. The molecule has 200 valence electrons. The van der Waals surface area contributed by atoms with Crippen molar-refractivity contribution in [3.8, 4) is 11.5 Å². The molecule has 1 heterocycles. The van der Waals surface area contributed by atoms with Gasteiger partial charge >= 0.3 is 0 Å². The van der Waals surface area contributed by atoms with E-state index in [0.29, 0.717) is 23.0 Å². The molecule has 3 rings (SSSR count). The lowest BCUT2D eigenvalue weighted by molar-refractivity contribution is 0.0851. The molecule has 0 aliphatic carbocycles. The van der Waals surface area contributed by atoms with Gasteiger partial charge < -0.3 is 4.74 Å². The second kappa shape index (κ2) is 14.7. The summed E-state index contributed by atoms with van der Waals surface area (Å²) in [6.45, 7) is 8.46. The van der Waals surface area contributed by atoms with E-state index in [2.05, 4.69) is 29.5 Å². The topological polar surface area (TPSA) is 50.6 Å². The number of carbonyl (C=O) groups excluding carboxylic acids is 1. The van der Waals surface area contributed by atoms with Crippen LogP contribution in [0, 0.1) is 6.92 Å². The Morgan fingerprint density at radius 1 is 1.00 bits per heavy atom. The SMILES string of the molecule is CCCCN(CCCC)SN(Cc1ccc(Oc2ccc(SC)cc2)cc1)C(=O)c1c(Cl)c(C)nn1C. The van der Waals surface area contributed by atoms with Gasteiger partial charge in [-0.2, -0.15) is 5.10 Å². The summed E-state index contributed by atoms with van der Waals surface area (Å²) in [5.74, 6) is 1.40. The molecule has 0 aliphatic heterocycles. The Morgan fingerprint density at radius 2 is 1.57 bits per heavy atom. The standard InChI is InChI=1S/C28H37ClN4O2S2/c1-6-8-18-32(19-9-7-2)37-33(28(34)27-26(29)21(3)30-31(27)4)20-22-10-12-23(13-11-22)35-24-14-16-25(36-5)17-15-24/h10-17H,6-9,18-20H2,1-5H3. The fraction of sp³-hybridized carbons (Fsp3) is 0.429. The van der Waals surface area contributed by atoms with E-state index in [9.17, 15) is 4.79 Å². The third-order valence-corrected chi connectivity index (χ3v) is 8.14. The summed E-state index contributed by atoms with van der Waals surface area (Å²) in [5, 5.41) is 4.76. The summed E-state index contributed by atoms with van der Waals surface area (Å²) >= 11 is 9.69. The number of hydrogen-bond donors (Lipinski definition) is 0. The van der Waals surface area contributed by atoms with E-state index in [0.717, 1.165) is 55.8 Å². The molecule has 0 spiro atoms. The van der Waals surface area contributed by atoms with Gasteiger partial charge in [-0.15, -0.1) is 11.8 Å². The highest BCUT2D eigenvalue weighted by molar-refractivity contribution is 7.98. The Balaban J connectivity index is 1.80. The van der Waals surface area contributed by atoms with Crippen LogP contribution in [0.2, 0.25) is 5.02 Å². The summed E-state index contributed by atoms with van der Waals surface area (Å²) in [6.07, 6.45) is 6.41. The van der Waals surface area contributed by atoms with E-state index in [4.69, 9.17) is 16.3 Å². The number of aryl methyl sites for hydroxylation is 2. The number of aromatic nitrogens is 2. The molecule has 0 radical (unpaired) electrons. The van der Waals surface area contributed by atoms with E-state index in [-0.39, 0.29) is 5.91 Å². The van der Waals surface area contributed by atoms with Crippen molar-refractivity contribution < 1.29 is 9.53 Å². The second-order valence-electron chi connectivity index (χ2n) is 8.85. The molecule has 37 heavy (non-hydrogen) atoms. The predicted molar refractivity (Wildman–Crippen MR) is 157 cm³/mol. The summed E-state index contributed by atoms with van der Waals surface area (Å²) in [5.41, 5.74) is 2.07. The van der Waals surface area contributed by atoms with Gasteiger partial charge in [-0.1, -0.05) is 50.4 Å². The van der Waals surface area contributed by atoms with Crippen molar-refractivity contribution >= 4 is 41.4 Å². The first-order chi connectivity index (χ1) is 17.9. The van der Waals surface area contributed by atoms with Crippen molar-refractivity contribution in [3.05, 3.63) is 70.5 Å². The number of amides is 1. The molecule has 6 nitrogen and oxygen atoms in total. The van der Waals surface area contributed by atoms with Crippen molar-refractivity contribution in [1.29, 1.82) is 0 Å². The molecule has 0 N–H and O–H groups in total. The second-order valence-corrected chi connectivity index (χ2v) is 11.2. The van der Waals surface area contributed by atoms with Gasteiger partial charge in [0, 0.05) is 37.2 Å². The molecule has 1 amide bonds. The maximum Gasteiger partial charge on any atom is 0.284 e. The molecular weight excluding hydrogens is 524 g/mol. The highest BCUT2D eigenvalue weighted by Crippen LogP contribution is 2.29. The summed E-state index contributed by atoms with van der Waals surface area (Å²) in [6, 6.07) is 15.9. The minimum Gasteiger partial charge on any atom is -0.457 e. The molecule has 0 saturated carbocycles. The fourth-order valence-corrected chi connectivity index (χ4v) is 5.45. The minimum absolute atomic E-state index is 0.148. The van der Waals surface area contributed by atoms with Crippen molar-refractivity contribution in [2.24, 2.45) is 7.05 Å². The predicted octanol–water partition coefficient (Wildman–Crippen LogP) is 8.00. The van der Waals surface area contributed by atoms with Crippen LogP contribution >= 0.6 is 35.5 Å². The number of carbonyl (C=O) groups is 1. The smallest absolute Gasteiger partial charge is 0.284 e. The van der Waals surface area contributed by atoms with E-state index >= 15 is 0 Å². The molecule has 0 bridgehead atoms. The van der Waals surface area contributed by atoms with Crippen LogP contribution in [0.5, 0.6) is 11.5 Å². The molecule has 0 fully saturated rings. The average Bonchev–Trinajstić information content (AvgIpc) is 3.16. The Labute approximate surface area is 235 Å². The molecule has 0 atom stereocenters. The summed E-state index contributed by atoms with van der Waals surface area (Å²) in [4.78, 5) is 14.9. The zero-order valence-electron chi connectivity index (χ0n) is 22.4. The van der Waals surface area contributed by atoms with E-state index < -0.39 is 0 Å². The number of halogens is 1. The van der Waals surface area contributed by atoms with Crippen molar-refractivity contribution in [2.45, 2.75) is 57.9 Å². The highest BCUT2D eigenvalue weighted by Gasteiger charge is 2.27.